The molecule has 1 heterocycles. The average Bonchev–Trinajstić information content (AvgIpc) is 2.84. The van der Waals surface area contributed by atoms with Crippen LogP contribution < -0.4 is 5.32 Å². The normalized spacial score (nSPS) is 10.2. The van der Waals surface area contributed by atoms with Crippen molar-refractivity contribution < 1.29 is 9.72 Å². The molecule has 2 rings (SSSR count). The molecular weight excluding hydrogens is 316 g/mol. The number of rotatable bonds is 4. The minimum atomic E-state index is -0.521. The molecule has 0 aliphatic heterocycles. The summed E-state index contributed by atoms with van der Waals surface area (Å²) < 4.78 is 1.82. The second-order valence-corrected chi connectivity index (χ2v) is 4.53. The summed E-state index contributed by atoms with van der Waals surface area (Å²) >= 11 is 3.08. The summed E-state index contributed by atoms with van der Waals surface area (Å²) in [5, 5.41) is 17.2. The molecule has 0 atom stereocenters. The largest absolute Gasteiger partial charge is 0.324 e. The average molecular weight is 325 g/mol. The third kappa shape index (κ3) is 3.38. The van der Waals surface area contributed by atoms with Crippen LogP contribution in [0.25, 0.3) is 0 Å². The Morgan fingerprint density at radius 1 is 1.53 bits per heavy atom. The lowest BCUT2D eigenvalue weighted by molar-refractivity contribution is -0.385. The molecule has 0 saturated heterocycles. The van der Waals surface area contributed by atoms with Gasteiger partial charge >= 0.3 is 0 Å². The number of hydrogen-bond donors (Lipinski definition) is 1. The van der Waals surface area contributed by atoms with Crippen molar-refractivity contribution in [1.82, 2.24) is 9.78 Å². The van der Waals surface area contributed by atoms with E-state index in [1.165, 1.54) is 16.8 Å². The van der Waals surface area contributed by atoms with E-state index in [4.69, 9.17) is 0 Å². The van der Waals surface area contributed by atoms with Crippen LogP contribution in [0.1, 0.15) is 0 Å². The molecule has 0 aliphatic carbocycles. The Labute approximate surface area is 116 Å². The summed E-state index contributed by atoms with van der Waals surface area (Å²) in [7, 11) is 0. The number of nitrogens with one attached hydrogen (secondary N) is 1. The van der Waals surface area contributed by atoms with Gasteiger partial charge in [0.2, 0.25) is 5.91 Å². The molecule has 19 heavy (non-hydrogen) atoms. The van der Waals surface area contributed by atoms with Crippen molar-refractivity contribution in [3.8, 4) is 0 Å². The van der Waals surface area contributed by atoms with E-state index in [1.54, 1.807) is 24.5 Å². The Morgan fingerprint density at radius 2 is 2.32 bits per heavy atom. The van der Waals surface area contributed by atoms with Gasteiger partial charge in [-0.05, 0) is 34.1 Å². The van der Waals surface area contributed by atoms with Crippen molar-refractivity contribution in [2.45, 2.75) is 6.54 Å². The van der Waals surface area contributed by atoms with Gasteiger partial charge in [-0.3, -0.25) is 19.6 Å². The molecule has 1 aromatic carbocycles. The van der Waals surface area contributed by atoms with Crippen molar-refractivity contribution in [1.29, 1.82) is 0 Å². The van der Waals surface area contributed by atoms with Gasteiger partial charge in [0.15, 0.2) is 0 Å². The number of halogens is 1. The number of benzene rings is 1. The SMILES string of the molecule is O=C(Cn1cccn1)Nc1ccc(Br)c([N+](=O)[O-])c1. The highest BCUT2D eigenvalue weighted by Crippen LogP contribution is 2.27. The van der Waals surface area contributed by atoms with Crippen molar-refractivity contribution in [3.63, 3.8) is 0 Å². The number of anilines is 1. The third-order valence-electron chi connectivity index (χ3n) is 2.29. The standard InChI is InChI=1S/C11H9BrN4O3/c12-9-3-2-8(6-10(9)16(18)19)14-11(17)7-15-5-1-4-13-15/h1-6H,7H2,(H,14,17). The lowest BCUT2D eigenvalue weighted by Crippen LogP contribution is -2.19. The number of hydrogen-bond acceptors (Lipinski definition) is 4. The Balaban J connectivity index is 2.09. The summed E-state index contributed by atoms with van der Waals surface area (Å²) in [6, 6.07) is 6.10. The Bertz CT molecular complexity index is 612. The van der Waals surface area contributed by atoms with Gasteiger partial charge in [0.05, 0.1) is 9.40 Å². The van der Waals surface area contributed by atoms with Gasteiger partial charge in [-0.15, -0.1) is 0 Å². The summed E-state index contributed by atoms with van der Waals surface area (Å²) in [4.78, 5) is 21.9. The van der Waals surface area contributed by atoms with E-state index in [0.717, 1.165) is 0 Å². The van der Waals surface area contributed by atoms with Crippen molar-refractivity contribution in [3.05, 3.63) is 51.2 Å². The van der Waals surface area contributed by atoms with E-state index >= 15 is 0 Å². The van der Waals surface area contributed by atoms with E-state index in [0.29, 0.717) is 10.2 Å². The van der Waals surface area contributed by atoms with E-state index in [-0.39, 0.29) is 18.1 Å². The molecule has 0 bridgehead atoms. The highest BCUT2D eigenvalue weighted by molar-refractivity contribution is 9.10. The molecular formula is C11H9BrN4O3. The Hall–Kier alpha value is -2.22. The van der Waals surface area contributed by atoms with Crippen LogP contribution in [-0.2, 0) is 11.3 Å². The fourth-order valence-electron chi connectivity index (χ4n) is 1.47. The van der Waals surface area contributed by atoms with Crippen molar-refractivity contribution in [2.24, 2.45) is 0 Å². The zero-order valence-electron chi connectivity index (χ0n) is 9.62. The molecule has 0 radical (unpaired) electrons. The second-order valence-electron chi connectivity index (χ2n) is 3.68. The molecule has 0 spiro atoms. The smallest absolute Gasteiger partial charge is 0.285 e. The number of aromatic nitrogens is 2. The van der Waals surface area contributed by atoms with Crippen LogP contribution in [0.5, 0.6) is 0 Å². The summed E-state index contributed by atoms with van der Waals surface area (Å²) in [6.07, 6.45) is 3.22. The number of nitro benzene ring substituents is 1. The molecule has 0 unspecified atom stereocenters. The number of carbonyl (C=O) groups is 1. The fourth-order valence-corrected chi connectivity index (χ4v) is 1.86. The zero-order chi connectivity index (χ0) is 13.8. The summed E-state index contributed by atoms with van der Waals surface area (Å²) in [5.41, 5.74) is 0.268. The molecule has 8 heteroatoms. The van der Waals surface area contributed by atoms with Gasteiger partial charge in [0.1, 0.15) is 6.54 Å². The maximum atomic E-state index is 11.7. The van der Waals surface area contributed by atoms with Gasteiger partial charge in [0, 0.05) is 24.1 Å². The van der Waals surface area contributed by atoms with Crippen LogP contribution in [0, 0.1) is 10.1 Å². The van der Waals surface area contributed by atoms with Crippen LogP contribution in [0.4, 0.5) is 11.4 Å². The number of amides is 1. The highest BCUT2D eigenvalue weighted by atomic mass is 79.9. The Morgan fingerprint density at radius 3 is 2.95 bits per heavy atom. The van der Waals surface area contributed by atoms with Crippen LogP contribution in [0.3, 0.4) is 0 Å². The maximum absolute atomic E-state index is 11.7. The van der Waals surface area contributed by atoms with Crippen molar-refractivity contribution >= 4 is 33.2 Å². The summed E-state index contributed by atoms with van der Waals surface area (Å²) in [5.74, 6) is -0.305. The molecule has 2 aromatic rings. The first kappa shape index (κ1) is 13.2. The zero-order valence-corrected chi connectivity index (χ0v) is 11.2. The third-order valence-corrected chi connectivity index (χ3v) is 2.96. The molecule has 0 fully saturated rings. The molecule has 98 valence electrons. The molecule has 1 aromatic heterocycles. The highest BCUT2D eigenvalue weighted by Gasteiger charge is 2.13. The van der Waals surface area contributed by atoms with Crippen molar-refractivity contribution in [2.75, 3.05) is 5.32 Å². The predicted molar refractivity (Wildman–Crippen MR) is 71.7 cm³/mol. The first-order chi connectivity index (χ1) is 9.06. The monoisotopic (exact) mass is 324 g/mol. The van der Waals surface area contributed by atoms with Gasteiger partial charge in [-0.25, -0.2) is 0 Å². The molecule has 1 N–H and O–H groups in total. The summed E-state index contributed by atoms with van der Waals surface area (Å²) in [6.45, 7) is 0.0524. The van der Waals surface area contributed by atoms with E-state index in [1.807, 2.05) is 0 Å². The Kier molecular flexibility index (Phi) is 3.91. The number of carbonyl (C=O) groups excluding carboxylic acids is 1. The van der Waals surface area contributed by atoms with Gasteiger partial charge in [-0.2, -0.15) is 5.10 Å². The van der Waals surface area contributed by atoms with E-state index < -0.39 is 4.92 Å². The number of nitro groups is 1. The minimum absolute atomic E-state index is 0.0524. The van der Waals surface area contributed by atoms with Gasteiger partial charge < -0.3 is 5.32 Å². The maximum Gasteiger partial charge on any atom is 0.285 e. The minimum Gasteiger partial charge on any atom is -0.324 e. The lowest BCUT2D eigenvalue weighted by atomic mass is 10.3. The van der Waals surface area contributed by atoms with Gasteiger partial charge in [-0.1, -0.05) is 0 Å². The van der Waals surface area contributed by atoms with Crippen LogP contribution in [-0.4, -0.2) is 20.6 Å². The molecule has 0 aliphatic rings. The topological polar surface area (TPSA) is 90.1 Å². The van der Waals surface area contributed by atoms with Crippen LogP contribution >= 0.6 is 15.9 Å². The first-order valence-electron chi connectivity index (χ1n) is 5.27. The first-order valence-corrected chi connectivity index (χ1v) is 6.07. The molecule has 7 nitrogen and oxygen atoms in total. The molecule has 0 saturated carbocycles. The van der Waals surface area contributed by atoms with Gasteiger partial charge in [0.25, 0.3) is 5.69 Å². The second kappa shape index (κ2) is 5.61. The van der Waals surface area contributed by atoms with E-state index in [9.17, 15) is 14.9 Å². The number of nitrogens with zero attached hydrogens (tertiary/aromatic N) is 3. The lowest BCUT2D eigenvalue weighted by Gasteiger charge is -2.05. The fraction of sp³-hybridized carbons (Fsp3) is 0.0909. The van der Waals surface area contributed by atoms with Crippen LogP contribution in [0.2, 0.25) is 0 Å². The molecule has 1 amide bonds. The quantitative estimate of drug-likeness (QED) is 0.689. The predicted octanol–water partition coefficient (Wildman–Crippen LogP) is 2.19. The van der Waals surface area contributed by atoms with E-state index in [2.05, 4.69) is 26.3 Å². The van der Waals surface area contributed by atoms with Crippen LogP contribution in [0.15, 0.2) is 41.1 Å².